The van der Waals surface area contributed by atoms with Gasteiger partial charge in [-0.3, -0.25) is 0 Å². The highest BCUT2D eigenvalue weighted by atomic mass is 32.2. The van der Waals surface area contributed by atoms with Crippen LogP contribution < -0.4 is 10.5 Å². The van der Waals surface area contributed by atoms with Crippen LogP contribution in [-0.4, -0.2) is 18.4 Å². The van der Waals surface area contributed by atoms with Crippen LogP contribution in [0.1, 0.15) is 11.1 Å². The van der Waals surface area contributed by atoms with Crippen molar-refractivity contribution < 1.29 is 12.8 Å². The Morgan fingerprint density at radius 2 is 2.10 bits per heavy atom. The summed E-state index contributed by atoms with van der Waals surface area (Å²) in [5.41, 5.74) is 6.79. The Morgan fingerprint density at radius 1 is 1.33 bits per heavy atom. The Hall–Kier alpha value is -1.90. The monoisotopic (exact) mass is 325 g/mol. The van der Waals surface area contributed by atoms with Gasteiger partial charge in [-0.25, -0.2) is 22.5 Å². The minimum absolute atomic E-state index is 0.0190. The standard InChI is InChI=1S/C13H12FN3O2S2/c14-11-5-2-6-16-13(11)21(18,19)17-8-9-3-1-4-10(7-9)12(15)20/h1-7,17H,8H2,(H2,15,20). The van der Waals surface area contributed by atoms with Gasteiger partial charge in [0.25, 0.3) is 10.0 Å². The number of sulfonamides is 1. The van der Waals surface area contributed by atoms with E-state index in [4.69, 9.17) is 18.0 Å². The molecular weight excluding hydrogens is 313 g/mol. The van der Waals surface area contributed by atoms with E-state index in [1.54, 1.807) is 24.3 Å². The molecule has 2 rings (SSSR count). The molecule has 0 fully saturated rings. The average molecular weight is 325 g/mol. The predicted octanol–water partition coefficient (Wildman–Crippen LogP) is 1.33. The van der Waals surface area contributed by atoms with Crippen molar-refractivity contribution >= 4 is 27.2 Å². The maximum Gasteiger partial charge on any atom is 0.261 e. The molecule has 0 aliphatic carbocycles. The fourth-order valence-electron chi connectivity index (χ4n) is 1.65. The third-order valence-electron chi connectivity index (χ3n) is 2.66. The molecule has 0 atom stereocenters. The molecule has 0 aliphatic rings. The van der Waals surface area contributed by atoms with Crippen molar-refractivity contribution in [1.29, 1.82) is 0 Å². The quantitative estimate of drug-likeness (QED) is 0.810. The largest absolute Gasteiger partial charge is 0.389 e. The van der Waals surface area contributed by atoms with Gasteiger partial charge in [0, 0.05) is 18.3 Å². The number of nitrogens with zero attached hydrogens (tertiary/aromatic N) is 1. The topological polar surface area (TPSA) is 85.1 Å². The first-order valence-electron chi connectivity index (χ1n) is 5.89. The van der Waals surface area contributed by atoms with Crippen molar-refractivity contribution in [3.63, 3.8) is 0 Å². The average Bonchev–Trinajstić information content (AvgIpc) is 2.46. The molecule has 2 aromatic rings. The molecule has 110 valence electrons. The summed E-state index contributed by atoms with van der Waals surface area (Å²) >= 11 is 4.85. The summed E-state index contributed by atoms with van der Waals surface area (Å²) in [6, 6.07) is 9.16. The van der Waals surface area contributed by atoms with Crippen LogP contribution in [0.3, 0.4) is 0 Å². The molecule has 3 N–H and O–H groups in total. The van der Waals surface area contributed by atoms with Gasteiger partial charge in [-0.15, -0.1) is 0 Å². The van der Waals surface area contributed by atoms with Crippen LogP contribution in [0.25, 0.3) is 0 Å². The van der Waals surface area contributed by atoms with Gasteiger partial charge in [0.1, 0.15) is 4.99 Å². The predicted molar refractivity (Wildman–Crippen MR) is 80.5 cm³/mol. The molecular formula is C13H12FN3O2S2. The lowest BCUT2D eigenvalue weighted by Crippen LogP contribution is -2.25. The molecule has 21 heavy (non-hydrogen) atoms. The summed E-state index contributed by atoms with van der Waals surface area (Å²) in [6.07, 6.45) is 1.21. The molecule has 0 radical (unpaired) electrons. The van der Waals surface area contributed by atoms with Crippen molar-refractivity contribution in [2.24, 2.45) is 5.73 Å². The van der Waals surface area contributed by atoms with Crippen LogP contribution in [0.4, 0.5) is 4.39 Å². The second-order valence-corrected chi connectivity index (χ2v) is 6.30. The minimum Gasteiger partial charge on any atom is -0.389 e. The second kappa shape index (κ2) is 6.25. The Morgan fingerprint density at radius 3 is 2.76 bits per heavy atom. The van der Waals surface area contributed by atoms with Crippen molar-refractivity contribution in [1.82, 2.24) is 9.71 Å². The van der Waals surface area contributed by atoms with Gasteiger partial charge < -0.3 is 5.73 Å². The lowest BCUT2D eigenvalue weighted by Gasteiger charge is -2.08. The maximum atomic E-state index is 13.5. The van der Waals surface area contributed by atoms with Gasteiger partial charge in [-0.1, -0.05) is 30.4 Å². The number of nitrogens with one attached hydrogen (secondary N) is 1. The zero-order valence-electron chi connectivity index (χ0n) is 10.8. The molecule has 0 spiro atoms. The number of benzene rings is 1. The SMILES string of the molecule is NC(=S)c1cccc(CNS(=O)(=O)c2ncccc2F)c1. The number of hydrogen-bond acceptors (Lipinski definition) is 4. The van der Waals surface area contributed by atoms with Gasteiger partial charge in [0.2, 0.25) is 5.03 Å². The fraction of sp³-hybridized carbons (Fsp3) is 0.0769. The number of aromatic nitrogens is 1. The normalized spacial score (nSPS) is 11.3. The molecule has 0 saturated heterocycles. The second-order valence-electron chi connectivity index (χ2n) is 4.18. The fourth-order valence-corrected chi connectivity index (χ4v) is 2.79. The molecule has 8 heteroatoms. The van der Waals surface area contributed by atoms with E-state index < -0.39 is 20.9 Å². The van der Waals surface area contributed by atoms with E-state index in [0.29, 0.717) is 11.1 Å². The Balaban J connectivity index is 2.18. The molecule has 1 heterocycles. The first-order chi connectivity index (χ1) is 9.90. The third-order valence-corrected chi connectivity index (χ3v) is 4.23. The zero-order valence-corrected chi connectivity index (χ0v) is 12.4. The van der Waals surface area contributed by atoms with E-state index in [9.17, 15) is 12.8 Å². The number of hydrogen-bond donors (Lipinski definition) is 2. The maximum absolute atomic E-state index is 13.5. The summed E-state index contributed by atoms with van der Waals surface area (Å²) in [6.45, 7) is -0.0190. The lowest BCUT2D eigenvalue weighted by atomic mass is 10.1. The van der Waals surface area contributed by atoms with Gasteiger partial charge in [0.15, 0.2) is 5.82 Å². The number of thiocarbonyl (C=S) groups is 1. The van der Waals surface area contributed by atoms with Crippen LogP contribution in [0.5, 0.6) is 0 Å². The van der Waals surface area contributed by atoms with Crippen molar-refractivity contribution in [3.8, 4) is 0 Å². The number of nitrogens with two attached hydrogens (primary N) is 1. The molecule has 5 nitrogen and oxygen atoms in total. The van der Waals surface area contributed by atoms with Crippen LogP contribution in [0.2, 0.25) is 0 Å². The van der Waals surface area contributed by atoms with Gasteiger partial charge >= 0.3 is 0 Å². The van der Waals surface area contributed by atoms with Crippen LogP contribution >= 0.6 is 12.2 Å². The molecule has 0 aliphatic heterocycles. The van der Waals surface area contributed by atoms with E-state index in [2.05, 4.69) is 9.71 Å². The van der Waals surface area contributed by atoms with Crippen molar-refractivity contribution in [2.75, 3.05) is 0 Å². The van der Waals surface area contributed by atoms with E-state index in [0.717, 1.165) is 6.07 Å². The summed E-state index contributed by atoms with van der Waals surface area (Å²) in [4.78, 5) is 3.76. The molecule has 1 aromatic carbocycles. The summed E-state index contributed by atoms with van der Waals surface area (Å²) in [5.74, 6) is -0.901. The molecule has 0 amide bonds. The molecule has 0 bridgehead atoms. The van der Waals surface area contributed by atoms with Crippen LogP contribution in [0, 0.1) is 5.82 Å². The third kappa shape index (κ3) is 3.81. The number of pyridine rings is 1. The first kappa shape index (κ1) is 15.5. The summed E-state index contributed by atoms with van der Waals surface area (Å²) < 4.78 is 39.7. The Kier molecular flexibility index (Phi) is 4.61. The molecule has 0 unspecified atom stereocenters. The zero-order chi connectivity index (χ0) is 15.5. The minimum atomic E-state index is -4.02. The first-order valence-corrected chi connectivity index (χ1v) is 7.78. The van der Waals surface area contributed by atoms with Gasteiger partial charge in [-0.05, 0) is 23.8 Å². The van der Waals surface area contributed by atoms with Gasteiger partial charge in [0.05, 0.1) is 0 Å². The Labute approximate surface area is 127 Å². The molecule has 1 aromatic heterocycles. The van der Waals surface area contributed by atoms with E-state index in [1.807, 2.05) is 0 Å². The highest BCUT2D eigenvalue weighted by molar-refractivity contribution is 7.89. The van der Waals surface area contributed by atoms with Crippen molar-refractivity contribution in [2.45, 2.75) is 11.6 Å². The number of halogens is 1. The van der Waals surface area contributed by atoms with Crippen molar-refractivity contribution in [3.05, 3.63) is 59.5 Å². The number of rotatable bonds is 5. The Bertz CT molecular complexity index is 778. The smallest absolute Gasteiger partial charge is 0.261 e. The van der Waals surface area contributed by atoms with E-state index in [1.165, 1.54) is 12.3 Å². The highest BCUT2D eigenvalue weighted by Gasteiger charge is 2.19. The lowest BCUT2D eigenvalue weighted by molar-refractivity contribution is 0.544. The summed E-state index contributed by atoms with van der Waals surface area (Å²) in [5, 5.41) is -0.629. The van der Waals surface area contributed by atoms with Crippen LogP contribution in [-0.2, 0) is 16.6 Å². The highest BCUT2D eigenvalue weighted by Crippen LogP contribution is 2.11. The summed E-state index contributed by atoms with van der Waals surface area (Å²) in [7, 11) is -4.02. The molecule has 0 saturated carbocycles. The van der Waals surface area contributed by atoms with E-state index in [-0.39, 0.29) is 11.5 Å². The van der Waals surface area contributed by atoms with E-state index >= 15 is 0 Å². The van der Waals surface area contributed by atoms with Crippen LogP contribution in [0.15, 0.2) is 47.6 Å². The van der Waals surface area contributed by atoms with Gasteiger partial charge in [-0.2, -0.15) is 0 Å².